The van der Waals surface area contributed by atoms with Crippen molar-refractivity contribution < 1.29 is 4.74 Å². The van der Waals surface area contributed by atoms with Gasteiger partial charge in [-0.05, 0) is 30.9 Å². The van der Waals surface area contributed by atoms with E-state index in [1.165, 1.54) is 12.8 Å². The normalized spacial score (nSPS) is 27.9. The Morgan fingerprint density at radius 2 is 2.23 bits per heavy atom. The Morgan fingerprint density at radius 3 is 2.85 bits per heavy atom. The Kier molecular flexibility index (Phi) is 2.30. The molecule has 13 heavy (non-hydrogen) atoms. The van der Waals surface area contributed by atoms with Crippen molar-refractivity contribution in [1.29, 1.82) is 0 Å². The summed E-state index contributed by atoms with van der Waals surface area (Å²) in [6.45, 7) is 3.05. The summed E-state index contributed by atoms with van der Waals surface area (Å²) in [6.07, 6.45) is 7.64. The fraction of sp³-hybridized carbons (Fsp3) is 0.636. The summed E-state index contributed by atoms with van der Waals surface area (Å²) >= 11 is 0. The lowest BCUT2D eigenvalue weighted by molar-refractivity contribution is 0.182. The molecular weight excluding hydrogens is 162 g/mol. The Bertz CT molecular complexity index is 251. The molecule has 0 radical (unpaired) electrons. The van der Waals surface area contributed by atoms with Crippen LogP contribution in [0.25, 0.3) is 0 Å². The van der Waals surface area contributed by atoms with Crippen molar-refractivity contribution in [3.8, 4) is 0 Å². The molecule has 0 aromatic rings. The van der Waals surface area contributed by atoms with Crippen molar-refractivity contribution in [2.75, 3.05) is 6.61 Å². The van der Waals surface area contributed by atoms with E-state index >= 15 is 0 Å². The van der Waals surface area contributed by atoms with E-state index in [9.17, 15) is 0 Å². The summed E-state index contributed by atoms with van der Waals surface area (Å²) in [7, 11) is 0. The van der Waals surface area contributed by atoms with Crippen LogP contribution >= 0.6 is 0 Å². The van der Waals surface area contributed by atoms with Crippen LogP contribution in [-0.4, -0.2) is 6.61 Å². The van der Waals surface area contributed by atoms with Gasteiger partial charge in [0.05, 0.1) is 12.4 Å². The standard InChI is InChI=1S/C11H17NO/c1-8-6-10(4-5-11(8)12)13-7-9-2-3-9/h4-5,8-9H,2-3,6-7,12H2,1H3. The van der Waals surface area contributed by atoms with Gasteiger partial charge in [0.1, 0.15) is 0 Å². The summed E-state index contributed by atoms with van der Waals surface area (Å²) < 4.78 is 5.69. The van der Waals surface area contributed by atoms with Gasteiger partial charge in [-0.1, -0.05) is 6.92 Å². The minimum absolute atomic E-state index is 0.444. The Morgan fingerprint density at radius 1 is 1.46 bits per heavy atom. The molecule has 0 amide bonds. The van der Waals surface area contributed by atoms with Gasteiger partial charge in [-0.3, -0.25) is 0 Å². The van der Waals surface area contributed by atoms with Crippen LogP contribution in [0.2, 0.25) is 0 Å². The van der Waals surface area contributed by atoms with Gasteiger partial charge in [-0.15, -0.1) is 0 Å². The zero-order valence-corrected chi connectivity index (χ0v) is 8.12. The molecule has 2 aliphatic rings. The molecule has 0 bridgehead atoms. The highest BCUT2D eigenvalue weighted by molar-refractivity contribution is 5.21. The Balaban J connectivity index is 1.84. The maximum atomic E-state index is 5.77. The first-order valence-corrected chi connectivity index (χ1v) is 5.04. The summed E-state index contributed by atoms with van der Waals surface area (Å²) in [5.74, 6) is 2.38. The molecule has 0 saturated heterocycles. The molecule has 0 aliphatic heterocycles. The molecule has 0 aromatic heterocycles. The van der Waals surface area contributed by atoms with Crippen molar-refractivity contribution in [3.63, 3.8) is 0 Å². The predicted octanol–water partition coefficient (Wildman–Crippen LogP) is 2.18. The summed E-state index contributed by atoms with van der Waals surface area (Å²) in [4.78, 5) is 0. The minimum atomic E-state index is 0.444. The molecule has 0 aromatic carbocycles. The lowest BCUT2D eigenvalue weighted by Gasteiger charge is -2.19. The zero-order valence-electron chi connectivity index (χ0n) is 8.12. The molecule has 1 unspecified atom stereocenters. The summed E-state index contributed by atoms with van der Waals surface area (Å²) in [5, 5.41) is 0. The van der Waals surface area contributed by atoms with Gasteiger partial charge in [0, 0.05) is 18.0 Å². The highest BCUT2D eigenvalue weighted by Gasteiger charge is 2.23. The summed E-state index contributed by atoms with van der Waals surface area (Å²) in [6, 6.07) is 0. The summed E-state index contributed by atoms with van der Waals surface area (Å²) in [5.41, 5.74) is 6.74. The van der Waals surface area contributed by atoms with Crippen LogP contribution in [0.4, 0.5) is 0 Å². The molecule has 1 saturated carbocycles. The van der Waals surface area contributed by atoms with Crippen LogP contribution in [0.3, 0.4) is 0 Å². The molecule has 1 fully saturated rings. The quantitative estimate of drug-likeness (QED) is 0.720. The molecule has 2 heteroatoms. The van der Waals surface area contributed by atoms with Gasteiger partial charge in [-0.2, -0.15) is 0 Å². The van der Waals surface area contributed by atoms with Crippen molar-refractivity contribution in [1.82, 2.24) is 0 Å². The van der Waals surface area contributed by atoms with Gasteiger partial charge in [-0.25, -0.2) is 0 Å². The topological polar surface area (TPSA) is 35.2 Å². The van der Waals surface area contributed by atoms with E-state index in [1.54, 1.807) is 0 Å². The van der Waals surface area contributed by atoms with E-state index in [0.29, 0.717) is 5.92 Å². The molecule has 2 nitrogen and oxygen atoms in total. The number of hydrogen-bond acceptors (Lipinski definition) is 2. The predicted molar refractivity (Wildman–Crippen MR) is 52.8 cm³/mol. The first-order chi connectivity index (χ1) is 6.25. The highest BCUT2D eigenvalue weighted by Crippen LogP contribution is 2.31. The van der Waals surface area contributed by atoms with E-state index in [-0.39, 0.29) is 0 Å². The van der Waals surface area contributed by atoms with Crippen LogP contribution in [-0.2, 0) is 4.74 Å². The number of hydrogen-bond donors (Lipinski definition) is 1. The second kappa shape index (κ2) is 3.44. The number of nitrogens with two attached hydrogens (primary N) is 1. The third-order valence-electron chi connectivity index (χ3n) is 2.74. The third-order valence-corrected chi connectivity index (χ3v) is 2.74. The zero-order chi connectivity index (χ0) is 9.26. The molecular formula is C11H17NO. The third kappa shape index (κ3) is 2.27. The number of ether oxygens (including phenoxy) is 1. The van der Waals surface area contributed by atoms with Crippen LogP contribution in [0.1, 0.15) is 26.2 Å². The van der Waals surface area contributed by atoms with Gasteiger partial charge in [0.15, 0.2) is 0 Å². The fourth-order valence-electron chi connectivity index (χ4n) is 1.46. The maximum Gasteiger partial charge on any atom is 0.0967 e. The Hall–Kier alpha value is -0.920. The highest BCUT2D eigenvalue weighted by atomic mass is 16.5. The first kappa shape index (κ1) is 8.67. The van der Waals surface area contributed by atoms with E-state index in [0.717, 1.165) is 30.4 Å². The number of allylic oxidation sites excluding steroid dienone is 4. The first-order valence-electron chi connectivity index (χ1n) is 5.04. The largest absolute Gasteiger partial charge is 0.498 e. The second-order valence-electron chi connectivity index (χ2n) is 4.16. The Labute approximate surface area is 79.5 Å². The minimum Gasteiger partial charge on any atom is -0.498 e. The van der Waals surface area contributed by atoms with Gasteiger partial charge in [0.25, 0.3) is 0 Å². The average Bonchev–Trinajstić information content (AvgIpc) is 2.91. The van der Waals surface area contributed by atoms with Crippen molar-refractivity contribution in [3.05, 3.63) is 23.6 Å². The molecule has 0 spiro atoms. The molecule has 2 aliphatic carbocycles. The van der Waals surface area contributed by atoms with Gasteiger partial charge in [0.2, 0.25) is 0 Å². The van der Waals surface area contributed by atoms with Crippen LogP contribution in [0, 0.1) is 11.8 Å². The number of rotatable bonds is 3. The van der Waals surface area contributed by atoms with Crippen molar-refractivity contribution in [2.24, 2.45) is 17.6 Å². The van der Waals surface area contributed by atoms with Gasteiger partial charge >= 0.3 is 0 Å². The average molecular weight is 179 g/mol. The lowest BCUT2D eigenvalue weighted by atomic mass is 9.98. The SMILES string of the molecule is CC1CC(OCC2CC2)=CC=C1N. The maximum absolute atomic E-state index is 5.77. The van der Waals surface area contributed by atoms with E-state index < -0.39 is 0 Å². The van der Waals surface area contributed by atoms with Crippen molar-refractivity contribution >= 4 is 0 Å². The molecule has 2 N–H and O–H groups in total. The van der Waals surface area contributed by atoms with E-state index in [4.69, 9.17) is 10.5 Å². The molecule has 72 valence electrons. The van der Waals surface area contributed by atoms with Crippen LogP contribution < -0.4 is 5.73 Å². The van der Waals surface area contributed by atoms with E-state index in [1.807, 2.05) is 12.2 Å². The van der Waals surface area contributed by atoms with Crippen LogP contribution in [0.15, 0.2) is 23.6 Å². The lowest BCUT2D eigenvalue weighted by Crippen LogP contribution is -2.14. The van der Waals surface area contributed by atoms with Gasteiger partial charge < -0.3 is 10.5 Å². The van der Waals surface area contributed by atoms with E-state index in [2.05, 4.69) is 6.92 Å². The molecule has 2 rings (SSSR count). The molecule has 1 atom stereocenters. The van der Waals surface area contributed by atoms with Crippen LogP contribution in [0.5, 0.6) is 0 Å². The fourth-order valence-corrected chi connectivity index (χ4v) is 1.46. The second-order valence-corrected chi connectivity index (χ2v) is 4.16. The monoisotopic (exact) mass is 179 g/mol. The smallest absolute Gasteiger partial charge is 0.0967 e. The molecule has 0 heterocycles. The van der Waals surface area contributed by atoms with Crippen molar-refractivity contribution in [2.45, 2.75) is 26.2 Å².